The SMILES string of the molecule is C=C(N)c1cccc(NS(=C)(=C)c2c(C(C)C)cc(C(C)C)cc2C(C)C)c1. The highest BCUT2D eigenvalue weighted by Gasteiger charge is 2.20. The van der Waals surface area contributed by atoms with Crippen molar-refractivity contribution in [3.05, 3.63) is 65.2 Å². The first kappa shape index (κ1) is 22.2. The van der Waals surface area contributed by atoms with Crippen LogP contribution >= 0.6 is 9.39 Å². The molecule has 2 aromatic carbocycles. The second kappa shape index (κ2) is 8.48. The molecule has 28 heavy (non-hydrogen) atoms. The van der Waals surface area contributed by atoms with Gasteiger partial charge in [0.25, 0.3) is 0 Å². The summed E-state index contributed by atoms with van der Waals surface area (Å²) in [6, 6.07) is 12.7. The standard InChI is InChI=1S/C25H36N2S/c1-16(2)21-14-23(17(3)4)25(24(15-21)18(5)6)28(8,9)27-22-12-10-11-20(13-22)19(7)26/h10-18,27H,7-9,26H2,1-6H3. The smallest absolute Gasteiger partial charge is 0.0440 e. The molecule has 2 rings (SSSR count). The van der Waals surface area contributed by atoms with Crippen LogP contribution in [0.1, 0.15) is 81.5 Å². The van der Waals surface area contributed by atoms with Crippen LogP contribution in [0.2, 0.25) is 0 Å². The maximum absolute atomic E-state index is 5.88. The minimum absolute atomic E-state index is 0.401. The fraction of sp³-hybridized carbons (Fsp3) is 0.360. The van der Waals surface area contributed by atoms with E-state index in [4.69, 9.17) is 5.73 Å². The number of rotatable bonds is 7. The lowest BCUT2D eigenvalue weighted by molar-refractivity contribution is 0.772. The van der Waals surface area contributed by atoms with Crippen LogP contribution in [0, 0.1) is 0 Å². The molecule has 0 aromatic heterocycles. The Hall–Kier alpha value is -2.13. The van der Waals surface area contributed by atoms with Gasteiger partial charge in [0.05, 0.1) is 0 Å². The van der Waals surface area contributed by atoms with E-state index in [2.05, 4.69) is 76.7 Å². The van der Waals surface area contributed by atoms with Gasteiger partial charge >= 0.3 is 0 Å². The number of hydrogen-bond donors (Lipinski definition) is 2. The zero-order valence-electron chi connectivity index (χ0n) is 18.3. The molecule has 0 aliphatic rings. The largest absolute Gasteiger partial charge is 0.399 e. The summed E-state index contributed by atoms with van der Waals surface area (Å²) < 4.78 is 3.63. The van der Waals surface area contributed by atoms with E-state index in [0.717, 1.165) is 11.3 Å². The molecule has 0 unspecified atom stereocenters. The van der Waals surface area contributed by atoms with Crippen molar-refractivity contribution in [2.45, 2.75) is 64.2 Å². The molecule has 0 aliphatic heterocycles. The summed E-state index contributed by atoms with van der Waals surface area (Å²) >= 11 is 0. The van der Waals surface area contributed by atoms with Crippen molar-refractivity contribution < 1.29 is 0 Å². The van der Waals surface area contributed by atoms with E-state index in [-0.39, 0.29) is 0 Å². The third-order valence-corrected chi connectivity index (χ3v) is 6.90. The van der Waals surface area contributed by atoms with Crippen molar-refractivity contribution in [3.8, 4) is 0 Å². The lowest BCUT2D eigenvalue weighted by atomic mass is 9.89. The molecule has 0 atom stereocenters. The van der Waals surface area contributed by atoms with Crippen LogP contribution in [0.25, 0.3) is 5.70 Å². The van der Waals surface area contributed by atoms with Crippen molar-refractivity contribution in [2.24, 2.45) is 5.73 Å². The van der Waals surface area contributed by atoms with Gasteiger partial charge in [0.15, 0.2) is 0 Å². The summed E-state index contributed by atoms with van der Waals surface area (Å²) in [7, 11) is -1.77. The summed E-state index contributed by atoms with van der Waals surface area (Å²) in [5, 5.41) is 0. The van der Waals surface area contributed by atoms with Gasteiger partial charge in [0.2, 0.25) is 0 Å². The van der Waals surface area contributed by atoms with E-state index in [0.29, 0.717) is 23.5 Å². The van der Waals surface area contributed by atoms with Gasteiger partial charge in [0.1, 0.15) is 0 Å². The Bertz CT molecular complexity index is 935. The van der Waals surface area contributed by atoms with E-state index in [1.54, 1.807) is 0 Å². The Morgan fingerprint density at radius 1 is 0.893 bits per heavy atom. The summed E-state index contributed by atoms with van der Waals surface area (Å²) in [6.45, 7) is 17.4. The third kappa shape index (κ3) is 4.82. The zero-order valence-corrected chi connectivity index (χ0v) is 19.1. The van der Waals surface area contributed by atoms with Crippen LogP contribution in [-0.4, -0.2) is 11.7 Å². The Labute approximate surface area is 172 Å². The second-order valence-corrected chi connectivity index (χ2v) is 11.0. The van der Waals surface area contributed by atoms with Crippen molar-refractivity contribution >= 4 is 32.5 Å². The summed E-state index contributed by atoms with van der Waals surface area (Å²) in [5.41, 5.74) is 12.4. The number of nitrogens with two attached hydrogens (primary N) is 1. The maximum Gasteiger partial charge on any atom is 0.0440 e. The molecule has 0 bridgehead atoms. The van der Waals surface area contributed by atoms with E-state index < -0.39 is 9.39 Å². The van der Waals surface area contributed by atoms with Gasteiger partial charge in [-0.1, -0.05) is 84.1 Å². The minimum Gasteiger partial charge on any atom is -0.399 e. The lowest BCUT2D eigenvalue weighted by Crippen LogP contribution is -2.08. The topological polar surface area (TPSA) is 38.0 Å². The zero-order chi connectivity index (χ0) is 21.2. The van der Waals surface area contributed by atoms with Gasteiger partial charge in [-0.05, 0) is 52.1 Å². The monoisotopic (exact) mass is 396 g/mol. The summed E-state index contributed by atoms with van der Waals surface area (Å²) in [6.07, 6.45) is 0. The molecule has 0 fully saturated rings. The number of benzene rings is 2. The first-order chi connectivity index (χ1) is 12.9. The van der Waals surface area contributed by atoms with Crippen LogP contribution in [0.15, 0.2) is 47.9 Å². The van der Waals surface area contributed by atoms with Gasteiger partial charge in [-0.15, -0.1) is 9.39 Å². The highest BCUT2D eigenvalue weighted by molar-refractivity contribution is 8.28. The Morgan fingerprint density at radius 2 is 1.43 bits per heavy atom. The van der Waals surface area contributed by atoms with E-state index >= 15 is 0 Å². The van der Waals surface area contributed by atoms with Crippen molar-refractivity contribution in [3.63, 3.8) is 0 Å². The maximum atomic E-state index is 5.88. The molecular formula is C25H36N2S. The Balaban J connectivity index is 2.66. The number of hydrogen-bond acceptors (Lipinski definition) is 2. The average molecular weight is 397 g/mol. The van der Waals surface area contributed by atoms with Crippen molar-refractivity contribution in [2.75, 3.05) is 4.72 Å². The fourth-order valence-corrected chi connectivity index (χ4v) is 5.57. The molecule has 0 saturated heterocycles. The molecule has 152 valence electrons. The average Bonchev–Trinajstić information content (AvgIpc) is 2.60. The molecule has 0 radical (unpaired) electrons. The molecule has 2 nitrogen and oxygen atoms in total. The molecule has 2 aromatic rings. The normalized spacial score (nSPS) is 12.0. The molecule has 0 saturated carbocycles. The van der Waals surface area contributed by atoms with Crippen molar-refractivity contribution in [1.82, 2.24) is 0 Å². The second-order valence-electron chi connectivity index (χ2n) is 8.58. The van der Waals surface area contributed by atoms with Crippen LogP contribution in [0.3, 0.4) is 0 Å². The molecule has 0 heterocycles. The van der Waals surface area contributed by atoms with Gasteiger partial charge in [-0.3, -0.25) is 0 Å². The quantitative estimate of drug-likeness (QED) is 0.492. The Morgan fingerprint density at radius 3 is 1.86 bits per heavy atom. The number of anilines is 1. The summed E-state index contributed by atoms with van der Waals surface area (Å²) in [5.74, 6) is 10.4. The van der Waals surface area contributed by atoms with Gasteiger partial charge in [-0.2, -0.15) is 0 Å². The van der Waals surface area contributed by atoms with Gasteiger partial charge < -0.3 is 10.5 Å². The Kier molecular flexibility index (Phi) is 6.71. The van der Waals surface area contributed by atoms with E-state index in [9.17, 15) is 0 Å². The molecule has 0 spiro atoms. The molecule has 3 N–H and O–H groups in total. The predicted octanol–water partition coefficient (Wildman–Crippen LogP) is 7.04. The van der Waals surface area contributed by atoms with E-state index in [1.807, 2.05) is 24.3 Å². The van der Waals surface area contributed by atoms with Crippen LogP contribution in [0.4, 0.5) is 5.69 Å². The van der Waals surface area contributed by atoms with Crippen molar-refractivity contribution in [1.29, 1.82) is 0 Å². The van der Waals surface area contributed by atoms with Gasteiger partial charge in [-0.25, -0.2) is 0 Å². The summed E-state index contributed by atoms with van der Waals surface area (Å²) in [4.78, 5) is 1.28. The first-order valence-corrected chi connectivity index (χ1v) is 11.9. The molecule has 0 aliphatic carbocycles. The van der Waals surface area contributed by atoms with Crippen LogP contribution in [0.5, 0.6) is 0 Å². The predicted molar refractivity (Wildman–Crippen MR) is 132 cm³/mol. The van der Waals surface area contributed by atoms with Crippen LogP contribution in [-0.2, 0) is 0 Å². The van der Waals surface area contributed by atoms with Crippen LogP contribution < -0.4 is 10.5 Å². The molecule has 3 heteroatoms. The minimum atomic E-state index is -1.77. The highest BCUT2D eigenvalue weighted by Crippen LogP contribution is 2.44. The van der Waals surface area contributed by atoms with Gasteiger partial charge in [0, 0.05) is 16.3 Å². The lowest BCUT2D eigenvalue weighted by Gasteiger charge is -2.29. The fourth-order valence-electron chi connectivity index (χ4n) is 3.40. The molecule has 0 amide bonds. The first-order valence-electron chi connectivity index (χ1n) is 9.93. The van der Waals surface area contributed by atoms with E-state index in [1.165, 1.54) is 21.6 Å². The molecular weight excluding hydrogens is 360 g/mol. The number of nitrogens with one attached hydrogen (secondary N) is 1. The third-order valence-electron chi connectivity index (χ3n) is 5.02. The highest BCUT2D eigenvalue weighted by atomic mass is 32.2.